The van der Waals surface area contributed by atoms with Gasteiger partial charge in [-0.3, -0.25) is 4.79 Å². The average molecular weight is 285 g/mol. The van der Waals surface area contributed by atoms with Crippen LogP contribution in [0.5, 0.6) is 5.75 Å². The van der Waals surface area contributed by atoms with Crippen molar-refractivity contribution in [2.24, 2.45) is 5.92 Å². The minimum Gasteiger partial charge on any atom is -0.492 e. The van der Waals surface area contributed by atoms with E-state index >= 15 is 0 Å². The van der Waals surface area contributed by atoms with E-state index in [-0.39, 0.29) is 11.7 Å². The number of hydrogen-bond acceptors (Lipinski definition) is 4. The summed E-state index contributed by atoms with van der Waals surface area (Å²) in [6.45, 7) is 5.44. The normalized spacial score (nSPS) is 16.8. The number of para-hydroxylation sites is 1. The Bertz CT molecular complexity index is 648. The van der Waals surface area contributed by atoms with Gasteiger partial charge in [0.1, 0.15) is 24.5 Å². The molecule has 2 heterocycles. The molecule has 1 aromatic heterocycles. The van der Waals surface area contributed by atoms with Gasteiger partial charge >= 0.3 is 0 Å². The molecule has 110 valence electrons. The molecule has 5 nitrogen and oxygen atoms in total. The molecule has 0 saturated carbocycles. The van der Waals surface area contributed by atoms with Gasteiger partial charge in [0.25, 0.3) is 0 Å². The molecular weight excluding hydrogens is 266 g/mol. The first-order valence-corrected chi connectivity index (χ1v) is 7.26. The van der Waals surface area contributed by atoms with E-state index in [2.05, 4.69) is 23.9 Å². The number of Topliss-reactive ketones (excluding diaryl/α,β-unsaturated/α-hetero) is 1. The van der Waals surface area contributed by atoms with E-state index in [1.807, 2.05) is 28.9 Å². The fourth-order valence-corrected chi connectivity index (χ4v) is 2.63. The molecule has 3 rings (SSSR count). The van der Waals surface area contributed by atoms with Crippen molar-refractivity contribution < 1.29 is 9.53 Å². The highest BCUT2D eigenvalue weighted by atomic mass is 16.5. The highest BCUT2D eigenvalue weighted by Crippen LogP contribution is 2.34. The van der Waals surface area contributed by atoms with E-state index in [1.54, 1.807) is 0 Å². The maximum absolute atomic E-state index is 12.6. The van der Waals surface area contributed by atoms with Crippen molar-refractivity contribution in [1.82, 2.24) is 14.8 Å². The van der Waals surface area contributed by atoms with E-state index in [1.165, 1.54) is 6.33 Å². The van der Waals surface area contributed by atoms with Crippen molar-refractivity contribution in [3.05, 3.63) is 42.0 Å². The largest absolute Gasteiger partial charge is 0.492 e. The summed E-state index contributed by atoms with van der Waals surface area (Å²) in [5.41, 5.74) is 0.984. The van der Waals surface area contributed by atoms with Gasteiger partial charge in [0, 0.05) is 12.1 Å². The number of rotatable bonds is 5. The number of fused-ring (bicyclic) bond motifs is 1. The number of ketones is 1. The third kappa shape index (κ3) is 2.82. The van der Waals surface area contributed by atoms with Crippen molar-refractivity contribution in [1.29, 1.82) is 0 Å². The number of ether oxygens (including phenoxy) is 1. The topological polar surface area (TPSA) is 57.0 Å². The Kier molecular flexibility index (Phi) is 3.73. The Labute approximate surface area is 124 Å². The first kappa shape index (κ1) is 13.8. The molecule has 0 aliphatic carbocycles. The lowest BCUT2D eigenvalue weighted by molar-refractivity contribution is -0.120. The van der Waals surface area contributed by atoms with E-state index in [0.29, 0.717) is 18.9 Å². The van der Waals surface area contributed by atoms with Gasteiger partial charge in [-0.2, -0.15) is 5.10 Å². The molecule has 5 heteroatoms. The summed E-state index contributed by atoms with van der Waals surface area (Å²) in [4.78, 5) is 16.8. The molecule has 1 atom stereocenters. The Morgan fingerprint density at radius 3 is 3.05 bits per heavy atom. The maximum Gasteiger partial charge on any atom is 0.151 e. The second kappa shape index (κ2) is 5.68. The van der Waals surface area contributed by atoms with Crippen LogP contribution in [0.4, 0.5) is 0 Å². The molecule has 2 aromatic rings. The minimum atomic E-state index is -0.189. The summed E-state index contributed by atoms with van der Waals surface area (Å²) in [5.74, 6) is 1.97. The van der Waals surface area contributed by atoms with Crippen LogP contribution in [0.25, 0.3) is 0 Å². The van der Waals surface area contributed by atoms with Gasteiger partial charge in [-0.1, -0.05) is 32.0 Å². The SMILES string of the molecule is CC(C)Cn1ncnc1CC(=O)C1COc2ccccc21. The number of carbonyl (C=O) groups excluding carboxylic acids is 1. The Morgan fingerprint density at radius 1 is 1.43 bits per heavy atom. The average Bonchev–Trinajstić information content (AvgIpc) is 3.05. The molecule has 0 N–H and O–H groups in total. The lowest BCUT2D eigenvalue weighted by Crippen LogP contribution is -2.20. The number of nitrogens with zero attached hydrogens (tertiary/aromatic N) is 3. The van der Waals surface area contributed by atoms with E-state index in [9.17, 15) is 4.79 Å². The quantitative estimate of drug-likeness (QED) is 0.845. The van der Waals surface area contributed by atoms with Crippen LogP contribution in [0.2, 0.25) is 0 Å². The summed E-state index contributed by atoms with van der Waals surface area (Å²) in [6, 6.07) is 7.73. The third-order valence-corrected chi connectivity index (χ3v) is 3.65. The molecule has 0 radical (unpaired) electrons. The molecule has 0 fully saturated rings. The van der Waals surface area contributed by atoms with Crippen molar-refractivity contribution in [3.63, 3.8) is 0 Å². The predicted octanol–water partition coefficient (Wildman–Crippen LogP) is 2.22. The standard InChI is InChI=1S/C16H19N3O2/c1-11(2)8-19-16(17-10-18-19)7-14(20)13-9-21-15-6-4-3-5-12(13)15/h3-6,10-11,13H,7-9H2,1-2H3. The predicted molar refractivity (Wildman–Crippen MR) is 78.2 cm³/mol. The van der Waals surface area contributed by atoms with Gasteiger partial charge in [0.05, 0.1) is 12.3 Å². The van der Waals surface area contributed by atoms with Gasteiger partial charge in [-0.15, -0.1) is 0 Å². The number of carbonyl (C=O) groups is 1. The zero-order valence-electron chi connectivity index (χ0n) is 12.3. The zero-order chi connectivity index (χ0) is 14.8. The molecule has 0 amide bonds. The van der Waals surface area contributed by atoms with Crippen LogP contribution < -0.4 is 4.74 Å². The second-order valence-corrected chi connectivity index (χ2v) is 5.80. The van der Waals surface area contributed by atoms with Crippen molar-refractivity contribution in [2.45, 2.75) is 32.7 Å². The summed E-state index contributed by atoms with van der Waals surface area (Å²) in [7, 11) is 0. The Balaban J connectivity index is 1.75. The second-order valence-electron chi connectivity index (χ2n) is 5.80. The smallest absolute Gasteiger partial charge is 0.151 e. The monoisotopic (exact) mass is 285 g/mol. The Morgan fingerprint density at radius 2 is 2.24 bits per heavy atom. The molecule has 1 aliphatic heterocycles. The summed E-state index contributed by atoms with van der Waals surface area (Å²) in [6.07, 6.45) is 1.82. The molecular formula is C16H19N3O2. The Hall–Kier alpha value is -2.17. The molecule has 21 heavy (non-hydrogen) atoms. The lowest BCUT2D eigenvalue weighted by Gasteiger charge is -2.10. The first-order chi connectivity index (χ1) is 10.1. The van der Waals surface area contributed by atoms with Crippen molar-refractivity contribution in [3.8, 4) is 5.75 Å². The number of hydrogen-bond donors (Lipinski definition) is 0. The fraction of sp³-hybridized carbons (Fsp3) is 0.438. The van der Waals surface area contributed by atoms with E-state index in [4.69, 9.17) is 4.74 Å². The van der Waals surface area contributed by atoms with Crippen LogP contribution in [0, 0.1) is 5.92 Å². The lowest BCUT2D eigenvalue weighted by atomic mass is 9.95. The van der Waals surface area contributed by atoms with Gasteiger partial charge in [-0.05, 0) is 12.0 Å². The first-order valence-electron chi connectivity index (χ1n) is 7.26. The summed E-state index contributed by atoms with van der Waals surface area (Å²) < 4.78 is 7.41. The van der Waals surface area contributed by atoms with Gasteiger partial charge in [0.2, 0.25) is 0 Å². The summed E-state index contributed by atoms with van der Waals surface area (Å²) >= 11 is 0. The molecule has 0 bridgehead atoms. The molecule has 1 unspecified atom stereocenters. The van der Waals surface area contributed by atoms with E-state index in [0.717, 1.165) is 23.7 Å². The van der Waals surface area contributed by atoms with Crippen LogP contribution in [-0.4, -0.2) is 27.2 Å². The van der Waals surface area contributed by atoms with Gasteiger partial charge in [0.15, 0.2) is 5.78 Å². The minimum absolute atomic E-state index is 0.137. The van der Waals surface area contributed by atoms with Crippen LogP contribution in [-0.2, 0) is 17.8 Å². The fourth-order valence-electron chi connectivity index (χ4n) is 2.63. The van der Waals surface area contributed by atoms with Gasteiger partial charge < -0.3 is 4.74 Å². The van der Waals surface area contributed by atoms with Crippen molar-refractivity contribution in [2.75, 3.05) is 6.61 Å². The van der Waals surface area contributed by atoms with E-state index < -0.39 is 0 Å². The summed E-state index contributed by atoms with van der Waals surface area (Å²) in [5, 5.41) is 4.20. The third-order valence-electron chi connectivity index (χ3n) is 3.65. The maximum atomic E-state index is 12.6. The van der Waals surface area contributed by atoms with Crippen LogP contribution >= 0.6 is 0 Å². The zero-order valence-corrected chi connectivity index (χ0v) is 12.3. The van der Waals surface area contributed by atoms with Crippen LogP contribution in [0.3, 0.4) is 0 Å². The number of aromatic nitrogens is 3. The highest BCUT2D eigenvalue weighted by Gasteiger charge is 2.30. The molecule has 0 spiro atoms. The number of benzene rings is 1. The van der Waals surface area contributed by atoms with Crippen LogP contribution in [0.15, 0.2) is 30.6 Å². The molecule has 0 saturated heterocycles. The van der Waals surface area contributed by atoms with Crippen molar-refractivity contribution >= 4 is 5.78 Å². The highest BCUT2D eigenvalue weighted by molar-refractivity contribution is 5.88. The molecule has 1 aliphatic rings. The van der Waals surface area contributed by atoms with Crippen LogP contribution in [0.1, 0.15) is 31.2 Å². The molecule has 1 aromatic carbocycles. The van der Waals surface area contributed by atoms with Gasteiger partial charge in [-0.25, -0.2) is 9.67 Å².